The van der Waals surface area contributed by atoms with Gasteiger partial charge in [-0.3, -0.25) is 10.1 Å². The number of carbonyl (C=O) groups excluding carboxylic acids is 1. The van der Waals surface area contributed by atoms with E-state index in [1.165, 1.54) is 11.3 Å². The van der Waals surface area contributed by atoms with E-state index >= 15 is 0 Å². The molecular weight excluding hydrogens is 359 g/mol. The number of carbonyl (C=O) groups is 1. The van der Waals surface area contributed by atoms with Crippen molar-refractivity contribution in [1.82, 2.24) is 4.98 Å². The molecule has 7 heteroatoms. The van der Waals surface area contributed by atoms with Crippen molar-refractivity contribution in [3.63, 3.8) is 0 Å². The number of thioether (sulfide) groups is 1. The van der Waals surface area contributed by atoms with Crippen LogP contribution >= 0.6 is 46.3 Å². The highest BCUT2D eigenvalue weighted by molar-refractivity contribution is 7.98. The highest BCUT2D eigenvalue weighted by Crippen LogP contribution is 2.30. The lowest BCUT2D eigenvalue weighted by Gasteiger charge is -2.04. The number of hydrogen-bond acceptors (Lipinski definition) is 4. The standard InChI is InChI=1S/C15H10Cl2N2OS2/c1-21-9-3-5-12-13(7-9)22-15(18-12)19-14(20)10-6-8(16)2-4-11(10)17/h2-7H,1H3,(H,18,19,20). The van der Waals surface area contributed by atoms with E-state index in [1.807, 2.05) is 18.4 Å². The molecule has 22 heavy (non-hydrogen) atoms. The van der Waals surface area contributed by atoms with E-state index < -0.39 is 0 Å². The maximum atomic E-state index is 12.3. The van der Waals surface area contributed by atoms with Crippen LogP contribution in [-0.2, 0) is 0 Å². The molecule has 0 spiro atoms. The van der Waals surface area contributed by atoms with E-state index in [1.54, 1.807) is 30.0 Å². The third kappa shape index (κ3) is 3.22. The molecule has 1 aromatic heterocycles. The highest BCUT2D eigenvalue weighted by Gasteiger charge is 2.13. The van der Waals surface area contributed by atoms with Gasteiger partial charge in [-0.1, -0.05) is 34.5 Å². The Hall–Kier alpha value is -1.27. The zero-order valence-electron chi connectivity index (χ0n) is 11.4. The quantitative estimate of drug-likeness (QED) is 0.613. The Balaban J connectivity index is 1.89. The van der Waals surface area contributed by atoms with Crippen LogP contribution in [0.3, 0.4) is 0 Å². The van der Waals surface area contributed by atoms with Crippen molar-refractivity contribution in [2.24, 2.45) is 0 Å². The zero-order chi connectivity index (χ0) is 15.7. The number of halogens is 2. The Kier molecular flexibility index (Phi) is 4.59. The normalized spacial score (nSPS) is 10.9. The maximum Gasteiger partial charge on any atom is 0.259 e. The second-order valence-electron chi connectivity index (χ2n) is 4.43. The minimum atomic E-state index is -0.323. The molecule has 0 saturated carbocycles. The molecule has 0 saturated heterocycles. The van der Waals surface area contributed by atoms with Gasteiger partial charge in [-0.15, -0.1) is 11.8 Å². The van der Waals surface area contributed by atoms with E-state index in [0.29, 0.717) is 20.7 Å². The monoisotopic (exact) mass is 368 g/mol. The summed E-state index contributed by atoms with van der Waals surface area (Å²) in [5.74, 6) is -0.323. The molecule has 3 nitrogen and oxygen atoms in total. The van der Waals surface area contributed by atoms with E-state index in [9.17, 15) is 4.79 Å². The van der Waals surface area contributed by atoms with Gasteiger partial charge in [0.15, 0.2) is 5.13 Å². The Morgan fingerprint density at radius 1 is 1.23 bits per heavy atom. The first-order valence-corrected chi connectivity index (χ1v) is 9.07. The minimum absolute atomic E-state index is 0.323. The van der Waals surface area contributed by atoms with Gasteiger partial charge in [-0.25, -0.2) is 4.98 Å². The van der Waals surface area contributed by atoms with Crippen LogP contribution in [0.2, 0.25) is 10.0 Å². The first-order chi connectivity index (χ1) is 10.6. The van der Waals surface area contributed by atoms with E-state index in [4.69, 9.17) is 23.2 Å². The molecule has 1 heterocycles. The van der Waals surface area contributed by atoms with Gasteiger partial charge in [-0.2, -0.15) is 0 Å². The summed E-state index contributed by atoms with van der Waals surface area (Å²) in [5.41, 5.74) is 1.19. The number of rotatable bonds is 3. The number of anilines is 1. The smallest absolute Gasteiger partial charge is 0.259 e. The lowest BCUT2D eigenvalue weighted by molar-refractivity contribution is 0.102. The topological polar surface area (TPSA) is 42.0 Å². The van der Waals surface area contributed by atoms with Crippen molar-refractivity contribution in [2.45, 2.75) is 4.90 Å². The number of benzene rings is 2. The fourth-order valence-electron chi connectivity index (χ4n) is 1.92. The van der Waals surface area contributed by atoms with Gasteiger partial charge in [0.1, 0.15) is 0 Å². The minimum Gasteiger partial charge on any atom is -0.298 e. The summed E-state index contributed by atoms with van der Waals surface area (Å²) < 4.78 is 1.03. The first-order valence-electron chi connectivity index (χ1n) is 6.28. The predicted molar refractivity (Wildman–Crippen MR) is 95.8 cm³/mol. The molecule has 0 fully saturated rings. The summed E-state index contributed by atoms with van der Waals surface area (Å²) in [5, 5.41) is 4.12. The van der Waals surface area contributed by atoms with Crippen LogP contribution in [0.5, 0.6) is 0 Å². The second-order valence-corrected chi connectivity index (χ2v) is 7.18. The van der Waals surface area contributed by atoms with Crippen molar-refractivity contribution in [3.8, 4) is 0 Å². The van der Waals surface area contributed by atoms with Gasteiger partial charge in [0.2, 0.25) is 0 Å². The molecule has 0 aliphatic carbocycles. The number of hydrogen-bond donors (Lipinski definition) is 1. The van der Waals surface area contributed by atoms with Crippen molar-refractivity contribution >= 4 is 67.6 Å². The summed E-state index contributed by atoms with van der Waals surface area (Å²) in [7, 11) is 0. The average molecular weight is 369 g/mol. The van der Waals surface area contributed by atoms with Gasteiger partial charge >= 0.3 is 0 Å². The van der Waals surface area contributed by atoms with Gasteiger partial charge in [0, 0.05) is 9.92 Å². The van der Waals surface area contributed by atoms with Crippen molar-refractivity contribution < 1.29 is 4.79 Å². The van der Waals surface area contributed by atoms with Gasteiger partial charge in [-0.05, 0) is 42.7 Å². The largest absolute Gasteiger partial charge is 0.298 e. The van der Waals surface area contributed by atoms with Crippen LogP contribution in [-0.4, -0.2) is 17.1 Å². The summed E-state index contributed by atoms with van der Waals surface area (Å²) in [6, 6.07) is 10.8. The summed E-state index contributed by atoms with van der Waals surface area (Å²) in [4.78, 5) is 17.9. The van der Waals surface area contributed by atoms with E-state index in [-0.39, 0.29) is 5.91 Å². The van der Waals surface area contributed by atoms with Gasteiger partial charge in [0.25, 0.3) is 5.91 Å². The molecular formula is C15H10Cl2N2OS2. The van der Waals surface area contributed by atoms with Crippen LogP contribution in [0.25, 0.3) is 10.2 Å². The van der Waals surface area contributed by atoms with Crippen LogP contribution in [0.1, 0.15) is 10.4 Å². The maximum absolute atomic E-state index is 12.3. The van der Waals surface area contributed by atoms with Crippen LogP contribution in [0, 0.1) is 0 Å². The predicted octanol–water partition coefficient (Wildman–Crippen LogP) is 5.58. The molecule has 0 radical (unpaired) electrons. The Bertz CT molecular complexity index is 864. The first kappa shape index (κ1) is 15.6. The van der Waals surface area contributed by atoms with Crippen molar-refractivity contribution in [1.29, 1.82) is 0 Å². The number of fused-ring (bicyclic) bond motifs is 1. The van der Waals surface area contributed by atoms with E-state index in [2.05, 4.69) is 16.4 Å². The summed E-state index contributed by atoms with van der Waals surface area (Å²) >= 11 is 15.0. The summed E-state index contributed by atoms with van der Waals surface area (Å²) in [6.45, 7) is 0. The van der Waals surface area contributed by atoms with Crippen LogP contribution in [0.15, 0.2) is 41.3 Å². The Morgan fingerprint density at radius 2 is 2.05 bits per heavy atom. The number of nitrogens with one attached hydrogen (secondary N) is 1. The van der Waals surface area contributed by atoms with Gasteiger partial charge in [0.05, 0.1) is 20.8 Å². The second kappa shape index (κ2) is 6.46. The van der Waals surface area contributed by atoms with Crippen molar-refractivity contribution in [2.75, 3.05) is 11.6 Å². The molecule has 1 amide bonds. The van der Waals surface area contributed by atoms with Gasteiger partial charge < -0.3 is 0 Å². The molecule has 3 aromatic rings. The summed E-state index contributed by atoms with van der Waals surface area (Å²) in [6.07, 6.45) is 2.02. The fraction of sp³-hybridized carbons (Fsp3) is 0.0667. The highest BCUT2D eigenvalue weighted by atomic mass is 35.5. The third-order valence-corrected chi connectivity index (χ3v) is 5.21. The molecule has 0 aliphatic rings. The number of aromatic nitrogens is 1. The SMILES string of the molecule is CSc1ccc2nc(NC(=O)c3cc(Cl)ccc3Cl)sc2c1. The fourth-order valence-corrected chi connectivity index (χ4v) is 3.71. The number of amides is 1. The number of nitrogens with zero attached hydrogens (tertiary/aromatic N) is 1. The van der Waals surface area contributed by atoms with Crippen molar-refractivity contribution in [3.05, 3.63) is 52.0 Å². The van der Waals surface area contributed by atoms with E-state index in [0.717, 1.165) is 15.1 Å². The zero-order valence-corrected chi connectivity index (χ0v) is 14.5. The Morgan fingerprint density at radius 3 is 2.82 bits per heavy atom. The molecule has 2 aromatic carbocycles. The molecule has 0 atom stereocenters. The molecule has 0 bridgehead atoms. The molecule has 112 valence electrons. The molecule has 0 unspecified atom stereocenters. The molecule has 1 N–H and O–H groups in total. The Labute approximate surface area is 145 Å². The lowest BCUT2D eigenvalue weighted by Crippen LogP contribution is -2.12. The third-order valence-electron chi connectivity index (χ3n) is 2.99. The molecule has 3 rings (SSSR count). The average Bonchev–Trinajstić information content (AvgIpc) is 2.90. The lowest BCUT2D eigenvalue weighted by atomic mass is 10.2. The molecule has 0 aliphatic heterocycles. The van der Waals surface area contributed by atoms with Crippen LogP contribution < -0.4 is 5.32 Å². The van der Waals surface area contributed by atoms with Crippen LogP contribution in [0.4, 0.5) is 5.13 Å². The number of thiazole rings is 1.